The van der Waals surface area contributed by atoms with Crippen LogP contribution in [0.5, 0.6) is 0 Å². The van der Waals surface area contributed by atoms with E-state index in [-0.39, 0.29) is 30.5 Å². The van der Waals surface area contributed by atoms with Gasteiger partial charge in [0.15, 0.2) is 0 Å². The van der Waals surface area contributed by atoms with Gasteiger partial charge in [0.2, 0.25) is 0 Å². The molecule has 2 fully saturated rings. The van der Waals surface area contributed by atoms with Crippen LogP contribution in [0.1, 0.15) is 47.0 Å². The minimum atomic E-state index is -0.944. The second-order valence-corrected chi connectivity index (χ2v) is 10.1. The van der Waals surface area contributed by atoms with E-state index < -0.39 is 5.97 Å². The zero-order valence-electron chi connectivity index (χ0n) is 19.0. The molecule has 0 aromatic heterocycles. The zero-order chi connectivity index (χ0) is 22.3. The van der Waals surface area contributed by atoms with Crippen LogP contribution in [0.4, 0.5) is 0 Å². The van der Waals surface area contributed by atoms with Gasteiger partial charge in [0.1, 0.15) is 6.10 Å². The largest absolute Gasteiger partial charge is 0.478 e. The van der Waals surface area contributed by atoms with Crippen LogP contribution in [0.15, 0.2) is 47.6 Å². The fourth-order valence-corrected chi connectivity index (χ4v) is 6.44. The van der Waals surface area contributed by atoms with E-state index in [1.54, 1.807) is 12.2 Å². The SMILES string of the molecule is CC1=CC[C@H]2[C@H](C3OC3/C=C/C=C/C(=O)O)[C@H]([C@@]3(C)O[C@@H]3[C@H](C)CCO)C(C)=C[C@@H]2C1. The summed E-state index contributed by atoms with van der Waals surface area (Å²) in [5.41, 5.74) is 2.66. The van der Waals surface area contributed by atoms with Gasteiger partial charge in [-0.25, -0.2) is 4.79 Å². The number of aliphatic hydroxyl groups excluding tert-OH is 1. The first-order valence-electron chi connectivity index (χ1n) is 11.6. The van der Waals surface area contributed by atoms with Crippen molar-refractivity contribution in [3.05, 3.63) is 47.6 Å². The van der Waals surface area contributed by atoms with Crippen molar-refractivity contribution in [1.29, 1.82) is 0 Å². The van der Waals surface area contributed by atoms with Crippen LogP contribution in [0.3, 0.4) is 0 Å². The van der Waals surface area contributed by atoms with Crippen LogP contribution in [0.2, 0.25) is 0 Å². The maximum Gasteiger partial charge on any atom is 0.328 e. The lowest BCUT2D eigenvalue weighted by atomic mass is 9.58. The predicted octanol–water partition coefficient (Wildman–Crippen LogP) is 4.29. The highest BCUT2D eigenvalue weighted by atomic mass is 16.6. The number of carbonyl (C=O) groups is 1. The van der Waals surface area contributed by atoms with E-state index in [9.17, 15) is 9.90 Å². The molecule has 170 valence electrons. The Morgan fingerprint density at radius 2 is 2.13 bits per heavy atom. The molecule has 5 heteroatoms. The number of aliphatic carboxylic acids is 1. The molecular weight excluding hydrogens is 392 g/mol. The summed E-state index contributed by atoms with van der Waals surface area (Å²) >= 11 is 0. The summed E-state index contributed by atoms with van der Waals surface area (Å²) in [6.07, 6.45) is 14.6. The molecule has 4 rings (SSSR count). The normalized spacial score (nSPS) is 42.8. The molecule has 2 aliphatic carbocycles. The van der Waals surface area contributed by atoms with E-state index in [0.29, 0.717) is 29.6 Å². The van der Waals surface area contributed by atoms with Gasteiger partial charge in [0.25, 0.3) is 0 Å². The lowest BCUT2D eigenvalue weighted by Crippen LogP contribution is -2.45. The average molecular weight is 429 g/mol. The molecule has 2 aliphatic heterocycles. The topological polar surface area (TPSA) is 82.6 Å². The summed E-state index contributed by atoms with van der Waals surface area (Å²) < 4.78 is 12.6. The van der Waals surface area contributed by atoms with E-state index in [1.165, 1.54) is 11.1 Å². The molecule has 0 saturated carbocycles. The molecule has 4 aliphatic rings. The summed E-state index contributed by atoms with van der Waals surface area (Å²) in [4.78, 5) is 10.7. The maximum absolute atomic E-state index is 10.7. The van der Waals surface area contributed by atoms with Crippen LogP contribution in [-0.4, -0.2) is 46.7 Å². The molecule has 2 unspecified atom stereocenters. The van der Waals surface area contributed by atoms with E-state index >= 15 is 0 Å². The molecule has 0 aromatic carbocycles. The number of hydrogen-bond acceptors (Lipinski definition) is 4. The van der Waals surface area contributed by atoms with Gasteiger partial charge in [-0.3, -0.25) is 0 Å². The summed E-state index contributed by atoms with van der Waals surface area (Å²) in [6, 6.07) is 0. The standard InChI is InChI=1S/C26H36O5/c1-15-9-10-19-18(13-15)14-17(3)23(26(4)25(31-26)16(2)11-12-27)22(19)24-20(30-24)7-5-6-8-21(28)29/h5-9,14,16,18-20,22-25,27H,10-13H2,1-4H3,(H,28,29)/b7-5+,8-6+/t16-,18+,19-,20?,22+,23-,24?,25-,26-/m1/s1. The van der Waals surface area contributed by atoms with Gasteiger partial charge in [0.05, 0.1) is 17.8 Å². The number of epoxide rings is 2. The van der Waals surface area contributed by atoms with E-state index in [0.717, 1.165) is 25.3 Å². The van der Waals surface area contributed by atoms with Gasteiger partial charge in [0, 0.05) is 24.5 Å². The maximum atomic E-state index is 10.7. The number of hydrogen-bond donors (Lipinski definition) is 2. The van der Waals surface area contributed by atoms with Gasteiger partial charge in [-0.1, -0.05) is 48.5 Å². The van der Waals surface area contributed by atoms with Crippen molar-refractivity contribution in [3.63, 3.8) is 0 Å². The Labute approximate surface area is 185 Å². The quantitative estimate of drug-likeness (QED) is 0.261. The Morgan fingerprint density at radius 3 is 2.84 bits per heavy atom. The van der Waals surface area contributed by atoms with Crippen molar-refractivity contribution >= 4 is 5.97 Å². The van der Waals surface area contributed by atoms with Crippen molar-refractivity contribution in [2.24, 2.45) is 29.6 Å². The molecule has 2 saturated heterocycles. The van der Waals surface area contributed by atoms with E-state index in [1.807, 2.05) is 6.08 Å². The summed E-state index contributed by atoms with van der Waals surface area (Å²) in [5, 5.41) is 18.2. The van der Waals surface area contributed by atoms with Crippen LogP contribution in [0, 0.1) is 29.6 Å². The van der Waals surface area contributed by atoms with Crippen LogP contribution < -0.4 is 0 Å². The molecule has 0 bridgehead atoms. The number of carboxylic acids is 1. The third kappa shape index (κ3) is 4.46. The number of ether oxygens (including phenoxy) is 2. The molecule has 0 spiro atoms. The lowest BCUT2D eigenvalue weighted by molar-refractivity contribution is -0.131. The first kappa shape index (κ1) is 22.5. The minimum absolute atomic E-state index is 0.0279. The third-order valence-electron chi connectivity index (χ3n) is 7.89. The number of rotatable bonds is 8. The average Bonchev–Trinajstić information content (AvgIpc) is 3.60. The number of fused-ring (bicyclic) bond motifs is 1. The monoisotopic (exact) mass is 428 g/mol. The molecule has 2 N–H and O–H groups in total. The van der Waals surface area contributed by atoms with E-state index in [4.69, 9.17) is 14.6 Å². The number of aliphatic hydroxyl groups is 1. The van der Waals surface area contributed by atoms with Gasteiger partial charge in [-0.05, 0) is 57.8 Å². The second kappa shape index (κ2) is 8.68. The van der Waals surface area contributed by atoms with Gasteiger partial charge >= 0.3 is 5.97 Å². The third-order valence-corrected chi connectivity index (χ3v) is 7.89. The highest BCUT2D eigenvalue weighted by Crippen LogP contribution is 2.60. The fraction of sp³-hybridized carbons (Fsp3) is 0.654. The zero-order valence-corrected chi connectivity index (χ0v) is 19.0. The molecule has 0 amide bonds. The molecule has 0 radical (unpaired) electrons. The molecular formula is C26H36O5. The van der Waals surface area contributed by atoms with Crippen molar-refractivity contribution in [3.8, 4) is 0 Å². The Balaban J connectivity index is 1.58. The fourth-order valence-electron chi connectivity index (χ4n) is 6.44. The van der Waals surface area contributed by atoms with Crippen LogP contribution in [-0.2, 0) is 14.3 Å². The first-order chi connectivity index (χ1) is 14.8. The first-order valence-corrected chi connectivity index (χ1v) is 11.6. The summed E-state index contributed by atoms with van der Waals surface area (Å²) in [7, 11) is 0. The smallest absolute Gasteiger partial charge is 0.328 e. The number of carboxylic acid groups (broad SMARTS) is 1. The van der Waals surface area contributed by atoms with Crippen LogP contribution in [0.25, 0.3) is 0 Å². The Hall–Kier alpha value is -1.69. The second-order valence-electron chi connectivity index (χ2n) is 10.1. The number of allylic oxidation sites excluding steroid dienone is 5. The van der Waals surface area contributed by atoms with E-state index in [2.05, 4.69) is 39.8 Å². The van der Waals surface area contributed by atoms with Gasteiger partial charge < -0.3 is 19.7 Å². The highest BCUT2D eigenvalue weighted by Gasteiger charge is 2.66. The minimum Gasteiger partial charge on any atom is -0.478 e. The Morgan fingerprint density at radius 1 is 1.35 bits per heavy atom. The molecule has 31 heavy (non-hydrogen) atoms. The molecule has 5 nitrogen and oxygen atoms in total. The molecule has 2 heterocycles. The van der Waals surface area contributed by atoms with Gasteiger partial charge in [-0.15, -0.1) is 0 Å². The van der Waals surface area contributed by atoms with Crippen molar-refractivity contribution in [2.75, 3.05) is 6.61 Å². The highest BCUT2D eigenvalue weighted by molar-refractivity contribution is 5.80. The molecule has 9 atom stereocenters. The molecule has 0 aromatic rings. The van der Waals surface area contributed by atoms with Crippen LogP contribution >= 0.6 is 0 Å². The summed E-state index contributed by atoms with van der Waals surface area (Å²) in [6.45, 7) is 9.09. The Kier molecular flexibility index (Phi) is 6.30. The van der Waals surface area contributed by atoms with Crippen molar-refractivity contribution in [1.82, 2.24) is 0 Å². The lowest BCUT2D eigenvalue weighted by Gasteiger charge is -2.45. The van der Waals surface area contributed by atoms with Gasteiger partial charge in [-0.2, -0.15) is 0 Å². The van der Waals surface area contributed by atoms with Crippen molar-refractivity contribution in [2.45, 2.75) is 70.9 Å². The predicted molar refractivity (Wildman–Crippen MR) is 119 cm³/mol. The Bertz CT molecular complexity index is 824. The van der Waals surface area contributed by atoms with Crippen molar-refractivity contribution < 1.29 is 24.5 Å². The summed E-state index contributed by atoms with van der Waals surface area (Å²) in [5.74, 6) is 1.12.